The Morgan fingerprint density at radius 2 is 2.07 bits per heavy atom. The van der Waals surface area contributed by atoms with Crippen LogP contribution in [0.1, 0.15) is 33.1 Å². The third-order valence-electron chi connectivity index (χ3n) is 3.05. The minimum absolute atomic E-state index is 0.282. The van der Waals surface area contributed by atoms with Gasteiger partial charge in [0, 0.05) is 6.54 Å². The molecular weight excluding hydrogens is 196 g/mol. The topological polar surface area (TPSA) is 78.4 Å². The number of urea groups is 1. The molecule has 0 aliphatic heterocycles. The third kappa shape index (κ3) is 3.42. The molecule has 0 aromatic heterocycles. The fraction of sp³-hybridized carbons (Fsp3) is 0.800. The van der Waals surface area contributed by atoms with Gasteiger partial charge in [-0.25, -0.2) is 4.79 Å². The zero-order valence-electron chi connectivity index (χ0n) is 9.17. The number of aliphatic carboxylic acids is 1. The molecule has 0 bridgehead atoms. The Balaban J connectivity index is 2.22. The molecule has 86 valence electrons. The van der Waals surface area contributed by atoms with Gasteiger partial charge in [0.05, 0.1) is 0 Å². The second-order valence-electron chi connectivity index (χ2n) is 4.24. The predicted octanol–water partition coefficient (Wildman–Crippen LogP) is 0.949. The van der Waals surface area contributed by atoms with Gasteiger partial charge < -0.3 is 15.7 Å². The lowest BCUT2D eigenvalue weighted by molar-refractivity contribution is -0.138. The summed E-state index contributed by atoms with van der Waals surface area (Å²) in [6.45, 7) is 4.18. The zero-order valence-corrected chi connectivity index (χ0v) is 9.17. The Morgan fingerprint density at radius 3 is 2.47 bits per heavy atom. The van der Waals surface area contributed by atoms with E-state index in [9.17, 15) is 9.59 Å². The van der Waals surface area contributed by atoms with E-state index in [2.05, 4.69) is 17.6 Å². The van der Waals surface area contributed by atoms with Crippen LogP contribution < -0.4 is 10.6 Å². The summed E-state index contributed by atoms with van der Waals surface area (Å²) in [5, 5.41) is 13.6. The van der Waals surface area contributed by atoms with E-state index in [1.807, 2.05) is 0 Å². The highest BCUT2D eigenvalue weighted by Gasteiger charge is 2.40. The summed E-state index contributed by atoms with van der Waals surface area (Å²) in [5.41, 5.74) is 0.282. The van der Waals surface area contributed by atoms with Crippen molar-refractivity contribution in [3.63, 3.8) is 0 Å². The number of hydrogen-bond acceptors (Lipinski definition) is 2. The third-order valence-corrected chi connectivity index (χ3v) is 3.05. The van der Waals surface area contributed by atoms with Gasteiger partial charge in [-0.05, 0) is 31.6 Å². The summed E-state index contributed by atoms with van der Waals surface area (Å²) in [6.07, 6.45) is 3.36. The van der Waals surface area contributed by atoms with E-state index in [1.165, 1.54) is 6.92 Å². The van der Waals surface area contributed by atoms with Crippen LogP contribution in [-0.2, 0) is 4.79 Å². The highest BCUT2D eigenvalue weighted by atomic mass is 16.4. The van der Waals surface area contributed by atoms with Crippen LogP contribution in [0.15, 0.2) is 0 Å². The van der Waals surface area contributed by atoms with Gasteiger partial charge in [-0.2, -0.15) is 0 Å². The first-order valence-electron chi connectivity index (χ1n) is 5.26. The highest BCUT2D eigenvalue weighted by molar-refractivity contribution is 5.82. The molecule has 3 N–H and O–H groups in total. The SMILES string of the molecule is CCC1(CNC(=O)NC(C)C(=O)O)CC1. The zero-order chi connectivity index (χ0) is 11.5. The number of nitrogens with one attached hydrogen (secondary N) is 2. The fourth-order valence-electron chi connectivity index (χ4n) is 1.41. The van der Waals surface area contributed by atoms with E-state index < -0.39 is 18.0 Å². The molecule has 15 heavy (non-hydrogen) atoms. The lowest BCUT2D eigenvalue weighted by Crippen LogP contribution is -2.45. The average Bonchev–Trinajstić information content (AvgIpc) is 2.95. The first kappa shape index (κ1) is 11.8. The van der Waals surface area contributed by atoms with Crippen molar-refractivity contribution in [2.45, 2.75) is 39.2 Å². The Hall–Kier alpha value is -1.26. The molecule has 0 aromatic rings. The van der Waals surface area contributed by atoms with Crippen molar-refractivity contribution < 1.29 is 14.7 Å². The molecule has 5 heteroatoms. The van der Waals surface area contributed by atoms with Crippen molar-refractivity contribution in [1.29, 1.82) is 0 Å². The minimum atomic E-state index is -1.03. The van der Waals surface area contributed by atoms with Gasteiger partial charge >= 0.3 is 12.0 Å². The van der Waals surface area contributed by atoms with Gasteiger partial charge in [-0.3, -0.25) is 4.79 Å². The van der Waals surface area contributed by atoms with E-state index in [0.29, 0.717) is 6.54 Å². The molecule has 0 spiro atoms. The van der Waals surface area contributed by atoms with Crippen LogP contribution in [0.4, 0.5) is 4.79 Å². The maximum atomic E-state index is 11.3. The molecule has 1 saturated carbocycles. The minimum Gasteiger partial charge on any atom is -0.480 e. The first-order chi connectivity index (χ1) is 6.99. The van der Waals surface area contributed by atoms with Crippen molar-refractivity contribution in [3.05, 3.63) is 0 Å². The molecule has 1 unspecified atom stereocenters. The lowest BCUT2D eigenvalue weighted by atomic mass is 10.0. The van der Waals surface area contributed by atoms with Crippen LogP contribution in [-0.4, -0.2) is 29.7 Å². The first-order valence-corrected chi connectivity index (χ1v) is 5.26. The van der Waals surface area contributed by atoms with Gasteiger partial charge in [0.1, 0.15) is 6.04 Å². The number of carboxylic acid groups (broad SMARTS) is 1. The summed E-state index contributed by atoms with van der Waals surface area (Å²) in [4.78, 5) is 21.7. The quantitative estimate of drug-likeness (QED) is 0.637. The predicted molar refractivity (Wildman–Crippen MR) is 55.6 cm³/mol. The van der Waals surface area contributed by atoms with Crippen LogP contribution >= 0.6 is 0 Å². The number of carboxylic acids is 1. The van der Waals surface area contributed by atoms with E-state index in [4.69, 9.17) is 5.11 Å². The molecule has 0 aromatic carbocycles. The number of hydrogen-bond donors (Lipinski definition) is 3. The van der Waals surface area contributed by atoms with Crippen LogP contribution in [0, 0.1) is 5.41 Å². The summed E-state index contributed by atoms with van der Waals surface area (Å²) in [5.74, 6) is -1.03. The molecule has 0 saturated heterocycles. The Labute approximate surface area is 89.2 Å². The average molecular weight is 214 g/mol. The van der Waals surface area contributed by atoms with E-state index in [0.717, 1.165) is 19.3 Å². The normalized spacial score (nSPS) is 19.1. The van der Waals surface area contributed by atoms with Crippen LogP contribution in [0.25, 0.3) is 0 Å². The number of carbonyl (C=O) groups is 2. The molecule has 2 amide bonds. The van der Waals surface area contributed by atoms with Gasteiger partial charge in [-0.1, -0.05) is 6.92 Å². The van der Waals surface area contributed by atoms with Gasteiger partial charge in [0.2, 0.25) is 0 Å². The van der Waals surface area contributed by atoms with Gasteiger partial charge in [0.25, 0.3) is 0 Å². The lowest BCUT2D eigenvalue weighted by Gasteiger charge is -2.15. The van der Waals surface area contributed by atoms with Crippen LogP contribution in [0.5, 0.6) is 0 Å². The maximum absolute atomic E-state index is 11.3. The summed E-state index contributed by atoms with van der Waals surface area (Å²) in [7, 11) is 0. The molecule has 1 atom stereocenters. The second-order valence-corrected chi connectivity index (χ2v) is 4.24. The monoisotopic (exact) mass is 214 g/mol. The fourth-order valence-corrected chi connectivity index (χ4v) is 1.41. The van der Waals surface area contributed by atoms with Gasteiger partial charge in [-0.15, -0.1) is 0 Å². The molecule has 1 aliphatic rings. The second kappa shape index (κ2) is 4.51. The molecule has 5 nitrogen and oxygen atoms in total. The molecule has 0 radical (unpaired) electrons. The largest absolute Gasteiger partial charge is 0.480 e. The van der Waals surface area contributed by atoms with Gasteiger partial charge in [0.15, 0.2) is 0 Å². The molecule has 0 heterocycles. The molecule has 1 aliphatic carbocycles. The Kier molecular flexibility index (Phi) is 3.55. The molecule has 1 rings (SSSR count). The van der Waals surface area contributed by atoms with Crippen molar-refractivity contribution in [1.82, 2.24) is 10.6 Å². The van der Waals surface area contributed by atoms with E-state index in [-0.39, 0.29) is 5.41 Å². The van der Waals surface area contributed by atoms with Crippen LogP contribution in [0.2, 0.25) is 0 Å². The number of amides is 2. The maximum Gasteiger partial charge on any atom is 0.325 e. The van der Waals surface area contributed by atoms with Crippen molar-refractivity contribution in [2.75, 3.05) is 6.54 Å². The molecule has 1 fully saturated rings. The van der Waals surface area contributed by atoms with Crippen molar-refractivity contribution in [3.8, 4) is 0 Å². The molecular formula is C10H18N2O3. The Bertz CT molecular complexity index is 261. The van der Waals surface area contributed by atoms with Crippen molar-refractivity contribution in [2.24, 2.45) is 5.41 Å². The van der Waals surface area contributed by atoms with Crippen molar-refractivity contribution >= 4 is 12.0 Å². The van der Waals surface area contributed by atoms with E-state index in [1.54, 1.807) is 0 Å². The van der Waals surface area contributed by atoms with Crippen LogP contribution in [0.3, 0.4) is 0 Å². The number of rotatable bonds is 5. The Morgan fingerprint density at radius 1 is 1.47 bits per heavy atom. The standard InChI is InChI=1S/C10H18N2O3/c1-3-10(4-5-10)6-11-9(15)12-7(2)8(13)14/h7H,3-6H2,1-2H3,(H,13,14)(H2,11,12,15). The smallest absolute Gasteiger partial charge is 0.325 e. The summed E-state index contributed by atoms with van der Waals surface area (Å²) >= 11 is 0. The summed E-state index contributed by atoms with van der Waals surface area (Å²) < 4.78 is 0. The van der Waals surface area contributed by atoms with E-state index >= 15 is 0 Å². The summed E-state index contributed by atoms with van der Waals surface area (Å²) in [6, 6.07) is -1.24. The highest BCUT2D eigenvalue weighted by Crippen LogP contribution is 2.47. The number of carbonyl (C=O) groups excluding carboxylic acids is 1.